The number of benzene rings is 1. The molecule has 0 radical (unpaired) electrons. The van der Waals surface area contributed by atoms with Crippen LogP contribution >= 0.6 is 12.4 Å². The molecule has 1 aromatic rings. The fraction of sp³-hybridized carbons (Fsp3) is 0.500. The van der Waals surface area contributed by atoms with E-state index in [1.165, 1.54) is 4.90 Å². The van der Waals surface area contributed by atoms with E-state index >= 15 is 0 Å². The van der Waals surface area contributed by atoms with Gasteiger partial charge in [-0.1, -0.05) is 30.3 Å². The molecule has 0 bridgehead atoms. The molecule has 2 rings (SSSR count). The van der Waals surface area contributed by atoms with E-state index in [0.717, 1.165) is 5.56 Å². The molecule has 1 aliphatic heterocycles. The maximum atomic E-state index is 12.3. The number of halogens is 4. The molecule has 0 aliphatic carbocycles. The van der Waals surface area contributed by atoms with Crippen LogP contribution in [0.15, 0.2) is 30.3 Å². The van der Waals surface area contributed by atoms with Gasteiger partial charge < -0.3 is 5.73 Å². The Morgan fingerprint density at radius 1 is 1.17 bits per heavy atom. The monoisotopic (exact) mass is 280 g/mol. The van der Waals surface area contributed by atoms with Crippen LogP contribution in [0.1, 0.15) is 11.5 Å². The average Bonchev–Trinajstić information content (AvgIpc) is 2.58. The van der Waals surface area contributed by atoms with Crippen LogP contribution in [0.3, 0.4) is 0 Å². The maximum absolute atomic E-state index is 12.3. The first-order valence-corrected chi connectivity index (χ1v) is 5.55. The number of hydrogen-bond donors (Lipinski definition) is 1. The first-order valence-electron chi connectivity index (χ1n) is 5.55. The van der Waals surface area contributed by atoms with Crippen LogP contribution in [0, 0.1) is 0 Å². The molecule has 1 aliphatic rings. The summed E-state index contributed by atoms with van der Waals surface area (Å²) in [6.07, 6.45) is -4.15. The zero-order valence-electron chi connectivity index (χ0n) is 9.73. The molecule has 2 atom stereocenters. The van der Waals surface area contributed by atoms with Gasteiger partial charge in [0.1, 0.15) is 0 Å². The summed E-state index contributed by atoms with van der Waals surface area (Å²) >= 11 is 0. The van der Waals surface area contributed by atoms with Gasteiger partial charge in [-0.05, 0) is 5.56 Å². The Kier molecular flexibility index (Phi) is 5.01. The van der Waals surface area contributed by atoms with E-state index in [9.17, 15) is 13.2 Å². The third kappa shape index (κ3) is 3.86. The zero-order chi connectivity index (χ0) is 12.5. The minimum atomic E-state index is -4.15. The molecule has 1 aromatic carbocycles. The molecule has 0 aromatic heterocycles. The van der Waals surface area contributed by atoms with Gasteiger partial charge in [-0.25, -0.2) is 0 Å². The SMILES string of the molecule is Cl.N[C@H]1CN(CC(F)(F)F)C[C@@H]1c1ccccc1. The summed E-state index contributed by atoms with van der Waals surface area (Å²) in [6.45, 7) is -0.187. The minimum Gasteiger partial charge on any atom is -0.326 e. The van der Waals surface area contributed by atoms with Crippen LogP contribution in [0.5, 0.6) is 0 Å². The molecular formula is C12H16ClF3N2. The highest BCUT2D eigenvalue weighted by Crippen LogP contribution is 2.28. The van der Waals surface area contributed by atoms with Gasteiger partial charge in [-0.3, -0.25) is 4.90 Å². The Bertz CT molecular complexity index is 369. The van der Waals surface area contributed by atoms with Crippen molar-refractivity contribution >= 4 is 12.4 Å². The highest BCUT2D eigenvalue weighted by atomic mass is 35.5. The van der Waals surface area contributed by atoms with E-state index < -0.39 is 12.7 Å². The zero-order valence-corrected chi connectivity index (χ0v) is 10.5. The van der Waals surface area contributed by atoms with Crippen LogP contribution in [0.25, 0.3) is 0 Å². The van der Waals surface area contributed by atoms with Gasteiger partial charge in [0.2, 0.25) is 0 Å². The van der Waals surface area contributed by atoms with E-state index in [0.29, 0.717) is 13.1 Å². The highest BCUT2D eigenvalue weighted by molar-refractivity contribution is 5.85. The molecule has 18 heavy (non-hydrogen) atoms. The molecule has 0 saturated carbocycles. The Labute approximate surface area is 110 Å². The normalized spacial score (nSPS) is 24.9. The van der Waals surface area contributed by atoms with Crippen LogP contribution < -0.4 is 5.73 Å². The van der Waals surface area contributed by atoms with Crippen LogP contribution in [-0.4, -0.2) is 36.8 Å². The van der Waals surface area contributed by atoms with Crippen molar-refractivity contribution in [3.05, 3.63) is 35.9 Å². The lowest BCUT2D eigenvalue weighted by Crippen LogP contribution is -2.34. The smallest absolute Gasteiger partial charge is 0.326 e. The predicted molar refractivity (Wildman–Crippen MR) is 66.9 cm³/mol. The van der Waals surface area contributed by atoms with Crippen LogP contribution in [-0.2, 0) is 0 Å². The molecule has 102 valence electrons. The van der Waals surface area contributed by atoms with Crippen molar-refractivity contribution < 1.29 is 13.2 Å². The third-order valence-electron chi connectivity index (χ3n) is 3.07. The van der Waals surface area contributed by atoms with E-state index in [1.54, 1.807) is 0 Å². The molecular weight excluding hydrogens is 265 g/mol. The Morgan fingerprint density at radius 2 is 1.78 bits per heavy atom. The quantitative estimate of drug-likeness (QED) is 0.901. The van der Waals surface area contributed by atoms with Gasteiger partial charge >= 0.3 is 6.18 Å². The fourth-order valence-electron chi connectivity index (χ4n) is 2.35. The minimum absolute atomic E-state index is 0. The van der Waals surface area contributed by atoms with Gasteiger partial charge in [-0.2, -0.15) is 13.2 Å². The molecule has 0 amide bonds. The number of hydrogen-bond acceptors (Lipinski definition) is 2. The van der Waals surface area contributed by atoms with Gasteiger partial charge in [0, 0.05) is 25.0 Å². The molecule has 0 unspecified atom stereocenters. The van der Waals surface area contributed by atoms with Crippen molar-refractivity contribution in [2.24, 2.45) is 5.73 Å². The van der Waals surface area contributed by atoms with Gasteiger partial charge in [-0.15, -0.1) is 12.4 Å². The summed E-state index contributed by atoms with van der Waals surface area (Å²) < 4.78 is 36.8. The van der Waals surface area contributed by atoms with Crippen molar-refractivity contribution in [1.82, 2.24) is 4.90 Å². The summed E-state index contributed by atoms with van der Waals surface area (Å²) in [5.41, 5.74) is 6.93. The first-order chi connectivity index (χ1) is 7.96. The molecule has 0 spiro atoms. The Morgan fingerprint density at radius 3 is 2.33 bits per heavy atom. The third-order valence-corrected chi connectivity index (χ3v) is 3.07. The first kappa shape index (κ1) is 15.3. The number of likely N-dealkylation sites (tertiary alicyclic amines) is 1. The molecule has 1 heterocycles. The lowest BCUT2D eigenvalue weighted by Gasteiger charge is -2.17. The fourth-order valence-corrected chi connectivity index (χ4v) is 2.35. The van der Waals surface area contributed by atoms with E-state index in [2.05, 4.69) is 0 Å². The van der Waals surface area contributed by atoms with E-state index in [-0.39, 0.29) is 24.4 Å². The second kappa shape index (κ2) is 5.91. The molecule has 6 heteroatoms. The van der Waals surface area contributed by atoms with E-state index in [4.69, 9.17) is 5.73 Å². The van der Waals surface area contributed by atoms with Gasteiger partial charge in [0.05, 0.1) is 6.54 Å². The topological polar surface area (TPSA) is 29.3 Å². The lowest BCUT2D eigenvalue weighted by molar-refractivity contribution is -0.143. The summed E-state index contributed by atoms with van der Waals surface area (Å²) in [7, 11) is 0. The van der Waals surface area contributed by atoms with Gasteiger partial charge in [0.25, 0.3) is 0 Å². The van der Waals surface area contributed by atoms with E-state index in [1.807, 2.05) is 30.3 Å². The van der Waals surface area contributed by atoms with Crippen molar-refractivity contribution in [3.8, 4) is 0 Å². The second-order valence-electron chi connectivity index (χ2n) is 4.49. The lowest BCUT2D eigenvalue weighted by atomic mass is 9.95. The maximum Gasteiger partial charge on any atom is 0.401 e. The summed E-state index contributed by atoms with van der Waals surface area (Å²) in [5, 5.41) is 0. The highest BCUT2D eigenvalue weighted by Gasteiger charge is 2.37. The molecule has 1 fully saturated rings. The van der Waals surface area contributed by atoms with Gasteiger partial charge in [0.15, 0.2) is 0 Å². The number of rotatable bonds is 2. The number of alkyl halides is 3. The van der Waals surface area contributed by atoms with Crippen LogP contribution in [0.4, 0.5) is 13.2 Å². The number of nitrogens with two attached hydrogens (primary N) is 1. The summed E-state index contributed by atoms with van der Waals surface area (Å²) in [4.78, 5) is 1.38. The second-order valence-corrected chi connectivity index (χ2v) is 4.49. The van der Waals surface area contributed by atoms with Crippen LogP contribution in [0.2, 0.25) is 0 Å². The van der Waals surface area contributed by atoms with Crippen molar-refractivity contribution in [2.75, 3.05) is 19.6 Å². The van der Waals surface area contributed by atoms with Crippen molar-refractivity contribution in [1.29, 1.82) is 0 Å². The van der Waals surface area contributed by atoms with Crippen molar-refractivity contribution in [3.63, 3.8) is 0 Å². The molecule has 2 nitrogen and oxygen atoms in total. The largest absolute Gasteiger partial charge is 0.401 e. The molecule has 2 N–H and O–H groups in total. The summed E-state index contributed by atoms with van der Waals surface area (Å²) in [6, 6.07) is 9.27. The Balaban J connectivity index is 0.00000162. The number of nitrogens with zero attached hydrogens (tertiary/aromatic N) is 1. The Hall–Kier alpha value is -0.780. The summed E-state index contributed by atoms with van der Waals surface area (Å²) in [5.74, 6) is -0.00134. The standard InChI is InChI=1S/C12H15F3N2.ClH/c13-12(14,15)8-17-6-10(11(16)7-17)9-4-2-1-3-5-9;/h1-5,10-11H,6-8,16H2;1H/t10-,11+;/m1./s1. The van der Waals surface area contributed by atoms with Crippen molar-refractivity contribution in [2.45, 2.75) is 18.1 Å². The average molecular weight is 281 g/mol. The predicted octanol–water partition coefficient (Wildman–Crippen LogP) is 2.40. The molecule has 1 saturated heterocycles.